The lowest BCUT2D eigenvalue weighted by atomic mass is 9.88. The fraction of sp³-hybridized carbons (Fsp3) is 0.200. The molecule has 1 unspecified atom stereocenters. The van der Waals surface area contributed by atoms with Gasteiger partial charge in [-0.25, -0.2) is 0 Å². The normalized spacial score (nSPS) is 17.5. The first kappa shape index (κ1) is 12.0. The van der Waals surface area contributed by atoms with Gasteiger partial charge in [0.2, 0.25) is 0 Å². The number of benzene rings is 2. The van der Waals surface area contributed by atoms with Crippen molar-refractivity contribution in [3.63, 3.8) is 0 Å². The van der Waals surface area contributed by atoms with Crippen molar-refractivity contribution in [2.75, 3.05) is 11.9 Å². The van der Waals surface area contributed by atoms with Crippen LogP contribution in [0.2, 0.25) is 0 Å². The van der Waals surface area contributed by atoms with Gasteiger partial charge in [0.25, 0.3) is 0 Å². The van der Waals surface area contributed by atoms with E-state index >= 15 is 0 Å². The maximum Gasteiger partial charge on any atom is 0.0373 e. The van der Waals surface area contributed by atoms with E-state index in [-0.39, 0.29) is 12.4 Å². The van der Waals surface area contributed by atoms with Crippen LogP contribution in [0, 0.1) is 0 Å². The van der Waals surface area contributed by atoms with Crippen molar-refractivity contribution in [2.24, 2.45) is 0 Å². The van der Waals surface area contributed by atoms with Crippen molar-refractivity contribution in [1.29, 1.82) is 0 Å². The molecule has 0 saturated heterocycles. The van der Waals surface area contributed by atoms with Gasteiger partial charge in [-0.15, -0.1) is 12.4 Å². The lowest BCUT2D eigenvalue weighted by Gasteiger charge is -2.26. The molecule has 2 aromatic rings. The molecule has 1 heterocycles. The molecular formula is C15H16ClN. The average molecular weight is 246 g/mol. The Bertz CT molecular complexity index is 481. The van der Waals surface area contributed by atoms with E-state index < -0.39 is 0 Å². The summed E-state index contributed by atoms with van der Waals surface area (Å²) in [6, 6.07) is 19.4. The predicted molar refractivity (Wildman–Crippen MR) is 75.1 cm³/mol. The molecule has 1 atom stereocenters. The van der Waals surface area contributed by atoms with Crippen LogP contribution < -0.4 is 5.32 Å². The highest BCUT2D eigenvalue weighted by Crippen LogP contribution is 2.29. The summed E-state index contributed by atoms with van der Waals surface area (Å²) in [6.07, 6.45) is 1.15. The molecule has 0 spiro atoms. The molecule has 2 aromatic carbocycles. The van der Waals surface area contributed by atoms with Crippen molar-refractivity contribution in [3.8, 4) is 0 Å². The summed E-state index contributed by atoms with van der Waals surface area (Å²) in [5.41, 5.74) is 4.17. The number of rotatable bonds is 1. The van der Waals surface area contributed by atoms with Crippen molar-refractivity contribution in [1.82, 2.24) is 0 Å². The minimum absolute atomic E-state index is 0. The Balaban J connectivity index is 0.00000108. The second kappa shape index (κ2) is 5.24. The van der Waals surface area contributed by atoms with E-state index in [2.05, 4.69) is 59.9 Å². The van der Waals surface area contributed by atoms with Crippen LogP contribution in [-0.2, 0) is 6.42 Å². The van der Waals surface area contributed by atoms with Gasteiger partial charge in [0, 0.05) is 18.2 Å². The van der Waals surface area contributed by atoms with Crippen LogP contribution in [0.4, 0.5) is 5.69 Å². The van der Waals surface area contributed by atoms with Gasteiger partial charge < -0.3 is 5.32 Å². The number of halogens is 1. The van der Waals surface area contributed by atoms with E-state index in [4.69, 9.17) is 0 Å². The molecule has 0 bridgehead atoms. The Hall–Kier alpha value is -1.47. The van der Waals surface area contributed by atoms with Crippen LogP contribution in [0.25, 0.3) is 0 Å². The summed E-state index contributed by atoms with van der Waals surface area (Å²) in [4.78, 5) is 0. The van der Waals surface area contributed by atoms with Crippen molar-refractivity contribution < 1.29 is 0 Å². The maximum atomic E-state index is 3.51. The van der Waals surface area contributed by atoms with Crippen LogP contribution in [0.1, 0.15) is 17.0 Å². The summed E-state index contributed by atoms with van der Waals surface area (Å²) in [7, 11) is 0. The molecule has 1 aliphatic rings. The molecule has 0 aromatic heterocycles. The van der Waals surface area contributed by atoms with Crippen molar-refractivity contribution in [2.45, 2.75) is 12.3 Å². The van der Waals surface area contributed by atoms with Crippen LogP contribution in [0.3, 0.4) is 0 Å². The monoisotopic (exact) mass is 245 g/mol. The number of anilines is 1. The van der Waals surface area contributed by atoms with Gasteiger partial charge in [-0.1, -0.05) is 48.5 Å². The molecule has 0 fully saturated rings. The van der Waals surface area contributed by atoms with Gasteiger partial charge in [0.1, 0.15) is 0 Å². The standard InChI is InChI=1S/C15H15N.ClH/c1-2-6-12(7-3-1)14-10-13-8-4-5-9-15(13)16-11-14;/h1-9,14,16H,10-11H2;1H. The smallest absolute Gasteiger partial charge is 0.0373 e. The lowest BCUT2D eigenvalue weighted by molar-refractivity contribution is 0.695. The Morgan fingerprint density at radius 2 is 1.59 bits per heavy atom. The first-order valence-electron chi connectivity index (χ1n) is 5.80. The van der Waals surface area contributed by atoms with Crippen LogP contribution in [0.5, 0.6) is 0 Å². The summed E-state index contributed by atoms with van der Waals surface area (Å²) >= 11 is 0. The number of hydrogen-bond donors (Lipinski definition) is 1. The SMILES string of the molecule is Cl.c1ccc(C2CNc3ccccc3C2)cc1. The Morgan fingerprint density at radius 3 is 2.41 bits per heavy atom. The average Bonchev–Trinajstić information content (AvgIpc) is 2.39. The minimum atomic E-state index is 0. The van der Waals surface area contributed by atoms with E-state index in [1.54, 1.807) is 0 Å². The zero-order valence-corrected chi connectivity index (χ0v) is 10.4. The van der Waals surface area contributed by atoms with Crippen LogP contribution in [0.15, 0.2) is 54.6 Å². The van der Waals surface area contributed by atoms with Crippen molar-refractivity contribution >= 4 is 18.1 Å². The molecule has 17 heavy (non-hydrogen) atoms. The highest BCUT2D eigenvalue weighted by molar-refractivity contribution is 5.85. The second-order valence-corrected chi connectivity index (χ2v) is 4.35. The number of fused-ring (bicyclic) bond motifs is 1. The quantitative estimate of drug-likeness (QED) is 0.805. The van der Waals surface area contributed by atoms with Gasteiger partial charge >= 0.3 is 0 Å². The molecule has 0 radical (unpaired) electrons. The zero-order chi connectivity index (χ0) is 10.8. The van der Waals surface area contributed by atoms with E-state index in [1.807, 2.05) is 0 Å². The Kier molecular flexibility index (Phi) is 3.70. The summed E-state index contributed by atoms with van der Waals surface area (Å²) in [6.45, 7) is 1.04. The van der Waals surface area contributed by atoms with E-state index in [0.29, 0.717) is 5.92 Å². The van der Waals surface area contributed by atoms with Gasteiger partial charge in [0.15, 0.2) is 0 Å². The molecule has 1 nitrogen and oxygen atoms in total. The Morgan fingerprint density at radius 1 is 0.882 bits per heavy atom. The molecule has 0 amide bonds. The van der Waals surface area contributed by atoms with Gasteiger partial charge in [0.05, 0.1) is 0 Å². The molecule has 0 aliphatic carbocycles. The molecule has 3 rings (SSSR count). The molecule has 0 saturated carbocycles. The molecule has 2 heteroatoms. The van der Waals surface area contributed by atoms with Gasteiger partial charge in [-0.2, -0.15) is 0 Å². The number of nitrogens with one attached hydrogen (secondary N) is 1. The molecule has 1 N–H and O–H groups in total. The largest absolute Gasteiger partial charge is 0.384 e. The number of para-hydroxylation sites is 1. The molecule has 1 aliphatic heterocycles. The van der Waals surface area contributed by atoms with Gasteiger partial charge in [-0.3, -0.25) is 0 Å². The summed E-state index contributed by atoms with van der Waals surface area (Å²) in [5, 5.41) is 3.51. The first-order valence-corrected chi connectivity index (χ1v) is 5.80. The summed E-state index contributed by atoms with van der Waals surface area (Å²) in [5.74, 6) is 0.607. The van der Waals surface area contributed by atoms with E-state index in [1.165, 1.54) is 16.8 Å². The van der Waals surface area contributed by atoms with Crippen molar-refractivity contribution in [3.05, 3.63) is 65.7 Å². The minimum Gasteiger partial charge on any atom is -0.384 e. The third-order valence-electron chi connectivity index (χ3n) is 3.29. The fourth-order valence-electron chi connectivity index (χ4n) is 2.40. The molecule has 88 valence electrons. The van der Waals surface area contributed by atoms with Crippen LogP contribution >= 0.6 is 12.4 Å². The van der Waals surface area contributed by atoms with E-state index in [0.717, 1.165) is 13.0 Å². The maximum absolute atomic E-state index is 3.51. The van der Waals surface area contributed by atoms with Gasteiger partial charge in [-0.05, 0) is 23.6 Å². The second-order valence-electron chi connectivity index (χ2n) is 4.35. The van der Waals surface area contributed by atoms with E-state index in [9.17, 15) is 0 Å². The zero-order valence-electron chi connectivity index (χ0n) is 9.60. The fourth-order valence-corrected chi connectivity index (χ4v) is 2.40. The third kappa shape index (κ3) is 2.45. The highest BCUT2D eigenvalue weighted by Gasteiger charge is 2.18. The first-order chi connectivity index (χ1) is 7.93. The molecular weight excluding hydrogens is 230 g/mol. The highest BCUT2D eigenvalue weighted by atomic mass is 35.5. The summed E-state index contributed by atoms with van der Waals surface area (Å²) < 4.78 is 0. The Labute approximate surface area is 108 Å². The number of hydrogen-bond acceptors (Lipinski definition) is 1. The van der Waals surface area contributed by atoms with Crippen LogP contribution in [-0.4, -0.2) is 6.54 Å². The lowest BCUT2D eigenvalue weighted by Crippen LogP contribution is -2.21. The third-order valence-corrected chi connectivity index (χ3v) is 3.29. The topological polar surface area (TPSA) is 12.0 Å². The predicted octanol–water partition coefficient (Wildman–Crippen LogP) is 3.86.